The van der Waals surface area contributed by atoms with Crippen molar-refractivity contribution in [1.82, 2.24) is 10.3 Å². The van der Waals surface area contributed by atoms with Gasteiger partial charge in [-0.1, -0.05) is 0 Å². The molecule has 0 amide bonds. The fourth-order valence-corrected chi connectivity index (χ4v) is 1.56. The highest BCUT2D eigenvalue weighted by Gasteiger charge is 2.44. The first-order valence-electron chi connectivity index (χ1n) is 4.50. The molecule has 0 spiro atoms. The molecule has 1 fully saturated rings. The van der Waals surface area contributed by atoms with Crippen LogP contribution in [-0.4, -0.2) is 19.1 Å². The van der Waals surface area contributed by atoms with Crippen LogP contribution in [0.15, 0.2) is 18.3 Å². The third kappa shape index (κ3) is 1.40. The lowest BCUT2D eigenvalue weighted by molar-refractivity contribution is 0.411. The van der Waals surface area contributed by atoms with Gasteiger partial charge in [-0.3, -0.25) is 4.98 Å². The zero-order chi connectivity index (χ0) is 9.31. The zero-order valence-corrected chi connectivity index (χ0v) is 8.00. The average Bonchev–Trinajstić information content (AvgIpc) is 2.99. The Bertz CT molecular complexity index is 308. The maximum atomic E-state index is 5.15. The summed E-state index contributed by atoms with van der Waals surface area (Å²) in [5.41, 5.74) is 1.23. The molecule has 0 unspecified atom stereocenters. The van der Waals surface area contributed by atoms with Crippen LogP contribution in [0, 0.1) is 0 Å². The Hall–Kier alpha value is -1.09. The molecular weight excluding hydrogens is 164 g/mol. The predicted octanol–water partition coefficient (Wildman–Crippen LogP) is 1.30. The lowest BCUT2D eigenvalue weighted by Crippen LogP contribution is -2.25. The Balaban J connectivity index is 2.30. The van der Waals surface area contributed by atoms with E-state index in [-0.39, 0.29) is 5.54 Å². The number of rotatable bonds is 3. The van der Waals surface area contributed by atoms with Gasteiger partial charge in [0.25, 0.3) is 0 Å². The van der Waals surface area contributed by atoms with Crippen LogP contribution >= 0.6 is 0 Å². The van der Waals surface area contributed by atoms with Crippen molar-refractivity contribution in [2.75, 3.05) is 14.2 Å². The molecule has 0 atom stereocenters. The molecule has 1 aromatic rings. The molecule has 0 radical (unpaired) electrons. The van der Waals surface area contributed by atoms with E-state index in [9.17, 15) is 0 Å². The first kappa shape index (κ1) is 8.51. The van der Waals surface area contributed by atoms with Gasteiger partial charge in [-0.25, -0.2) is 0 Å². The minimum absolute atomic E-state index is 0.133. The van der Waals surface area contributed by atoms with E-state index in [1.165, 1.54) is 12.8 Å². The predicted molar refractivity (Wildman–Crippen MR) is 50.8 cm³/mol. The summed E-state index contributed by atoms with van der Waals surface area (Å²) in [5, 5.41) is 3.30. The fraction of sp³-hybridized carbons (Fsp3) is 0.500. The number of nitrogens with zero attached hydrogens (tertiary/aromatic N) is 1. The normalized spacial score (nSPS) is 18.3. The summed E-state index contributed by atoms with van der Waals surface area (Å²) in [6.07, 6.45) is 4.14. The van der Waals surface area contributed by atoms with Crippen molar-refractivity contribution in [3.8, 4) is 5.75 Å². The Morgan fingerprint density at radius 3 is 2.85 bits per heavy atom. The summed E-state index contributed by atoms with van der Waals surface area (Å²) in [7, 11) is 3.66. The molecular formula is C10H14N2O. The molecule has 1 aromatic heterocycles. The van der Waals surface area contributed by atoms with Crippen LogP contribution < -0.4 is 10.1 Å². The first-order valence-corrected chi connectivity index (χ1v) is 4.50. The summed E-state index contributed by atoms with van der Waals surface area (Å²) in [4.78, 5) is 4.35. The van der Waals surface area contributed by atoms with Crippen LogP contribution in [0.3, 0.4) is 0 Å². The van der Waals surface area contributed by atoms with Gasteiger partial charge in [0.2, 0.25) is 0 Å². The third-order valence-electron chi connectivity index (χ3n) is 2.69. The Morgan fingerprint density at radius 1 is 1.54 bits per heavy atom. The molecule has 70 valence electrons. The van der Waals surface area contributed by atoms with Crippen molar-refractivity contribution in [3.05, 3.63) is 24.0 Å². The second-order valence-electron chi connectivity index (χ2n) is 3.41. The minimum Gasteiger partial charge on any atom is -0.497 e. The summed E-state index contributed by atoms with van der Waals surface area (Å²) in [5.74, 6) is 0.881. The van der Waals surface area contributed by atoms with Gasteiger partial charge in [0.15, 0.2) is 0 Å². The van der Waals surface area contributed by atoms with E-state index in [2.05, 4.69) is 10.3 Å². The Kier molecular flexibility index (Phi) is 1.96. The number of hydrogen-bond donors (Lipinski definition) is 1. The molecule has 0 saturated heterocycles. The van der Waals surface area contributed by atoms with Crippen LogP contribution in [0.1, 0.15) is 18.5 Å². The molecule has 1 N–H and O–H groups in total. The number of pyridine rings is 1. The summed E-state index contributed by atoms with van der Waals surface area (Å²) in [6, 6.07) is 3.87. The van der Waals surface area contributed by atoms with E-state index in [0.717, 1.165) is 11.4 Å². The number of ether oxygens (including phenoxy) is 1. The van der Waals surface area contributed by atoms with E-state index in [4.69, 9.17) is 4.74 Å². The fourth-order valence-electron chi connectivity index (χ4n) is 1.56. The number of nitrogens with one attached hydrogen (secondary N) is 1. The van der Waals surface area contributed by atoms with Crippen molar-refractivity contribution in [2.24, 2.45) is 0 Å². The van der Waals surface area contributed by atoms with Gasteiger partial charge in [0.1, 0.15) is 5.75 Å². The van der Waals surface area contributed by atoms with Crippen molar-refractivity contribution in [2.45, 2.75) is 18.4 Å². The van der Waals surface area contributed by atoms with Gasteiger partial charge in [-0.05, 0) is 26.0 Å². The molecule has 3 heteroatoms. The SMILES string of the molecule is CNC1(c2cc(OC)ccn2)CC1. The molecule has 2 rings (SSSR count). The highest BCUT2D eigenvalue weighted by molar-refractivity contribution is 5.30. The number of aromatic nitrogens is 1. The van der Waals surface area contributed by atoms with Crippen molar-refractivity contribution in [1.29, 1.82) is 0 Å². The van der Waals surface area contributed by atoms with Gasteiger partial charge in [0.05, 0.1) is 18.3 Å². The molecule has 3 nitrogen and oxygen atoms in total. The van der Waals surface area contributed by atoms with Crippen molar-refractivity contribution >= 4 is 0 Å². The largest absolute Gasteiger partial charge is 0.497 e. The second-order valence-corrected chi connectivity index (χ2v) is 3.41. The molecule has 0 aliphatic heterocycles. The van der Waals surface area contributed by atoms with Crippen molar-refractivity contribution in [3.63, 3.8) is 0 Å². The van der Waals surface area contributed by atoms with Gasteiger partial charge in [-0.15, -0.1) is 0 Å². The lowest BCUT2D eigenvalue weighted by atomic mass is 10.1. The minimum atomic E-state index is 0.133. The number of methoxy groups -OCH3 is 1. The molecule has 1 heterocycles. The molecule has 1 saturated carbocycles. The van der Waals surface area contributed by atoms with Crippen LogP contribution in [0.4, 0.5) is 0 Å². The Morgan fingerprint density at radius 2 is 2.31 bits per heavy atom. The second kappa shape index (κ2) is 3.00. The van der Waals surface area contributed by atoms with Crippen LogP contribution in [0.5, 0.6) is 5.75 Å². The maximum absolute atomic E-state index is 5.15. The van der Waals surface area contributed by atoms with Gasteiger partial charge in [-0.2, -0.15) is 0 Å². The van der Waals surface area contributed by atoms with Crippen LogP contribution in [-0.2, 0) is 5.54 Å². The maximum Gasteiger partial charge on any atom is 0.122 e. The first-order chi connectivity index (χ1) is 6.30. The molecule has 0 aromatic carbocycles. The summed E-state index contributed by atoms with van der Waals surface area (Å²) < 4.78 is 5.15. The van der Waals surface area contributed by atoms with Crippen LogP contribution in [0.2, 0.25) is 0 Å². The molecule has 0 bridgehead atoms. The quantitative estimate of drug-likeness (QED) is 0.757. The van der Waals surface area contributed by atoms with Gasteiger partial charge >= 0.3 is 0 Å². The summed E-state index contributed by atoms with van der Waals surface area (Å²) >= 11 is 0. The zero-order valence-electron chi connectivity index (χ0n) is 8.00. The number of hydrogen-bond acceptors (Lipinski definition) is 3. The van der Waals surface area contributed by atoms with E-state index in [1.54, 1.807) is 13.3 Å². The topological polar surface area (TPSA) is 34.1 Å². The van der Waals surface area contributed by atoms with E-state index in [1.807, 2.05) is 19.2 Å². The standard InChI is InChI=1S/C10H14N2O/c1-11-10(4-5-10)9-7-8(13-2)3-6-12-9/h3,6-7,11H,4-5H2,1-2H3. The van der Waals surface area contributed by atoms with Gasteiger partial charge in [0, 0.05) is 12.3 Å². The highest BCUT2D eigenvalue weighted by Crippen LogP contribution is 2.44. The lowest BCUT2D eigenvalue weighted by Gasteiger charge is -2.13. The Labute approximate surface area is 78.1 Å². The van der Waals surface area contributed by atoms with Crippen molar-refractivity contribution < 1.29 is 4.74 Å². The monoisotopic (exact) mass is 178 g/mol. The van der Waals surface area contributed by atoms with E-state index in [0.29, 0.717) is 0 Å². The summed E-state index contributed by atoms with van der Waals surface area (Å²) in [6.45, 7) is 0. The van der Waals surface area contributed by atoms with Gasteiger partial charge < -0.3 is 10.1 Å². The molecule has 13 heavy (non-hydrogen) atoms. The average molecular weight is 178 g/mol. The van der Waals surface area contributed by atoms with E-state index >= 15 is 0 Å². The molecule has 1 aliphatic carbocycles. The smallest absolute Gasteiger partial charge is 0.122 e. The molecule has 1 aliphatic rings. The third-order valence-corrected chi connectivity index (χ3v) is 2.69. The van der Waals surface area contributed by atoms with E-state index < -0.39 is 0 Å². The highest BCUT2D eigenvalue weighted by atomic mass is 16.5. The van der Waals surface area contributed by atoms with Crippen LogP contribution in [0.25, 0.3) is 0 Å².